The van der Waals surface area contributed by atoms with Crippen molar-refractivity contribution in [3.05, 3.63) is 239 Å². The normalized spacial score (nSPS) is 13.4. The number of benzene rings is 8. The monoisotopic (exact) mass is 1010 g/mol. The first-order valence-electron chi connectivity index (χ1n) is 27.4. The number of fused-ring (bicyclic) bond motifs is 4. The molecule has 77 heavy (non-hydrogen) atoms. The zero-order valence-corrected chi connectivity index (χ0v) is 47.5. The molecule has 0 saturated heterocycles. The lowest BCUT2D eigenvalue weighted by atomic mass is 9.77. The number of hydrogen-bond donors (Lipinski definition) is 0. The van der Waals surface area contributed by atoms with Crippen molar-refractivity contribution in [1.29, 1.82) is 0 Å². The molecule has 0 N–H and O–H groups in total. The highest BCUT2D eigenvalue weighted by Gasteiger charge is 2.34. The molecule has 0 unspecified atom stereocenters. The van der Waals surface area contributed by atoms with Crippen LogP contribution in [0.3, 0.4) is 0 Å². The van der Waals surface area contributed by atoms with Gasteiger partial charge in [-0.25, -0.2) is 4.98 Å². The molecule has 5 heteroatoms. The molecule has 3 heterocycles. The van der Waals surface area contributed by atoms with Gasteiger partial charge in [-0.05, 0) is 139 Å². The maximum absolute atomic E-state index is 7.19. The summed E-state index contributed by atoms with van der Waals surface area (Å²) in [6.45, 7) is 30.5. The minimum absolute atomic E-state index is 0.00712. The minimum Gasteiger partial charge on any atom is -0.457 e. The van der Waals surface area contributed by atoms with Gasteiger partial charge < -0.3 is 14.5 Å². The minimum atomic E-state index is -0.264. The Kier molecular flexibility index (Phi) is 12.6. The number of pyridine rings is 1. The second-order valence-electron chi connectivity index (χ2n) is 25.5. The van der Waals surface area contributed by atoms with Gasteiger partial charge in [0, 0.05) is 51.3 Å². The van der Waals surface area contributed by atoms with Crippen LogP contribution in [0.15, 0.2) is 200 Å². The van der Waals surface area contributed by atoms with Crippen LogP contribution in [0.1, 0.15) is 129 Å². The van der Waals surface area contributed by atoms with E-state index in [0.29, 0.717) is 6.67 Å². The Morgan fingerprint density at radius 3 is 1.58 bits per heavy atom. The van der Waals surface area contributed by atoms with Crippen LogP contribution in [0.2, 0.25) is 0 Å². The van der Waals surface area contributed by atoms with Gasteiger partial charge in [-0.15, -0.1) is 0 Å². The van der Waals surface area contributed by atoms with Gasteiger partial charge in [-0.2, -0.15) is 0 Å². The molecule has 1 aliphatic rings. The van der Waals surface area contributed by atoms with Crippen LogP contribution >= 0.6 is 0 Å². The number of anilines is 4. The molecule has 10 aromatic rings. The molecule has 0 fully saturated rings. The third kappa shape index (κ3) is 9.71. The molecule has 11 rings (SSSR count). The van der Waals surface area contributed by atoms with E-state index in [4.69, 9.17) is 9.72 Å². The van der Waals surface area contributed by atoms with Crippen LogP contribution in [0.5, 0.6) is 11.5 Å². The smallest absolute Gasteiger partial charge is 0.137 e. The molecule has 0 saturated carbocycles. The Morgan fingerprint density at radius 1 is 0.364 bits per heavy atom. The first-order chi connectivity index (χ1) is 36.5. The molecule has 0 amide bonds. The zero-order chi connectivity index (χ0) is 54.2. The van der Waals surface area contributed by atoms with E-state index >= 15 is 0 Å². The van der Waals surface area contributed by atoms with Crippen molar-refractivity contribution in [1.82, 2.24) is 9.55 Å². The second-order valence-corrected chi connectivity index (χ2v) is 25.5. The van der Waals surface area contributed by atoms with E-state index in [1.807, 2.05) is 6.20 Å². The van der Waals surface area contributed by atoms with Crippen molar-refractivity contribution in [2.45, 2.75) is 117 Å². The van der Waals surface area contributed by atoms with Crippen LogP contribution < -0.4 is 14.5 Å². The van der Waals surface area contributed by atoms with Gasteiger partial charge in [0.25, 0.3) is 0 Å². The second kappa shape index (κ2) is 19.0. The van der Waals surface area contributed by atoms with Crippen molar-refractivity contribution in [2.24, 2.45) is 0 Å². The van der Waals surface area contributed by atoms with Gasteiger partial charge >= 0.3 is 0 Å². The molecule has 5 nitrogen and oxygen atoms in total. The number of ether oxygens (including phenoxy) is 1. The van der Waals surface area contributed by atoms with E-state index in [9.17, 15) is 0 Å². The van der Waals surface area contributed by atoms with Gasteiger partial charge in [-0.1, -0.05) is 199 Å². The molecule has 1 aliphatic heterocycles. The van der Waals surface area contributed by atoms with Gasteiger partial charge in [-0.3, -0.25) is 4.57 Å². The summed E-state index contributed by atoms with van der Waals surface area (Å²) in [4.78, 5) is 10.0. The van der Waals surface area contributed by atoms with Crippen molar-refractivity contribution < 1.29 is 4.74 Å². The molecule has 0 bridgehead atoms. The SMILES string of the molecule is CC(C)(C)c1cc(Oc2ccc3c4cc(C(C)(C)C)ccc4n(-c4cc(C(C)(C)C)ccn4)c3c2)cc(N2CN(c3cc(-c4ccccc4)cc(C(C)(C)c4ccccc4)c3)c3ccc(C(C)(C)c4ccccc4)cc32)c1. The lowest BCUT2D eigenvalue weighted by Gasteiger charge is -2.30. The summed E-state index contributed by atoms with van der Waals surface area (Å²) in [6, 6.07) is 71.7. The first kappa shape index (κ1) is 51.2. The standard InChI is InChI=1S/C72H74N4O/c1-68(2,3)52-29-33-63-62(42-52)61-32-31-59(46-65(61)76(63)67-44-53(35-36-73-67)69(4,5)6)77-60-41-55(70(7,8)9)39-58(45-60)75-47-74(64-34-30-54(43-66(64)75)71(10,11)50-25-19-15-20-26-50)57-38-49(48-23-17-14-18-24-48)37-56(40-57)72(12,13)51-27-21-16-22-28-51/h14-46H,47H2,1-13H3. The molecule has 388 valence electrons. The average molecular weight is 1010 g/mol. The predicted molar refractivity (Wildman–Crippen MR) is 326 cm³/mol. The summed E-state index contributed by atoms with van der Waals surface area (Å²) in [5, 5.41) is 2.37. The Hall–Kier alpha value is -7.89. The predicted octanol–water partition coefficient (Wildman–Crippen LogP) is 19.4. The third-order valence-corrected chi connectivity index (χ3v) is 16.4. The van der Waals surface area contributed by atoms with Gasteiger partial charge in [0.2, 0.25) is 0 Å². The van der Waals surface area contributed by atoms with Crippen molar-refractivity contribution >= 4 is 44.6 Å². The van der Waals surface area contributed by atoms with Gasteiger partial charge in [0.05, 0.1) is 22.4 Å². The zero-order valence-electron chi connectivity index (χ0n) is 47.5. The Morgan fingerprint density at radius 2 is 0.935 bits per heavy atom. The molecule has 0 atom stereocenters. The average Bonchev–Trinajstić information content (AvgIpc) is 3.97. The van der Waals surface area contributed by atoms with E-state index in [2.05, 4.69) is 298 Å². The molecule has 0 spiro atoms. The van der Waals surface area contributed by atoms with Crippen molar-refractivity contribution in [3.63, 3.8) is 0 Å². The van der Waals surface area contributed by atoms with Crippen molar-refractivity contribution in [2.75, 3.05) is 16.5 Å². The lowest BCUT2D eigenvalue weighted by Crippen LogP contribution is -2.25. The van der Waals surface area contributed by atoms with Crippen LogP contribution in [0.4, 0.5) is 22.7 Å². The van der Waals surface area contributed by atoms with Gasteiger partial charge in [0.1, 0.15) is 24.0 Å². The van der Waals surface area contributed by atoms with Crippen LogP contribution in [-0.2, 0) is 27.1 Å². The summed E-state index contributed by atoms with van der Waals surface area (Å²) in [5.41, 5.74) is 17.1. The molecule has 8 aromatic carbocycles. The quantitative estimate of drug-likeness (QED) is 0.137. The van der Waals surface area contributed by atoms with Crippen LogP contribution in [0.25, 0.3) is 38.8 Å². The topological polar surface area (TPSA) is 33.5 Å². The molecule has 2 aromatic heterocycles. The maximum atomic E-state index is 7.19. The summed E-state index contributed by atoms with van der Waals surface area (Å²) in [7, 11) is 0. The molecular formula is C72H74N4O. The fraction of sp³-hybridized carbons (Fsp3) is 0.264. The highest BCUT2D eigenvalue weighted by molar-refractivity contribution is 6.10. The largest absolute Gasteiger partial charge is 0.457 e. The number of aromatic nitrogens is 2. The van der Waals surface area contributed by atoms with Crippen LogP contribution in [-0.4, -0.2) is 16.2 Å². The summed E-state index contributed by atoms with van der Waals surface area (Å²) in [5.74, 6) is 2.45. The number of nitrogens with zero attached hydrogens (tertiary/aromatic N) is 4. The third-order valence-electron chi connectivity index (χ3n) is 16.4. The Balaban J connectivity index is 1.07. The van der Waals surface area contributed by atoms with Crippen LogP contribution in [0, 0.1) is 0 Å². The van der Waals surface area contributed by atoms with E-state index < -0.39 is 0 Å². The maximum Gasteiger partial charge on any atom is 0.137 e. The molecule has 0 radical (unpaired) electrons. The number of hydrogen-bond acceptors (Lipinski definition) is 4. The lowest BCUT2D eigenvalue weighted by molar-refractivity contribution is 0.479. The van der Waals surface area contributed by atoms with E-state index in [0.717, 1.165) is 51.1 Å². The Labute approximate surface area is 457 Å². The van der Waals surface area contributed by atoms with E-state index in [-0.39, 0.29) is 27.1 Å². The fourth-order valence-corrected chi connectivity index (χ4v) is 11.2. The summed E-state index contributed by atoms with van der Waals surface area (Å²) >= 11 is 0. The van der Waals surface area contributed by atoms with Crippen molar-refractivity contribution in [3.8, 4) is 28.4 Å². The summed E-state index contributed by atoms with van der Waals surface area (Å²) in [6.07, 6.45) is 1.95. The fourth-order valence-electron chi connectivity index (χ4n) is 11.2. The Bertz CT molecular complexity index is 3810. The highest BCUT2D eigenvalue weighted by atomic mass is 16.5. The molecule has 0 aliphatic carbocycles. The highest BCUT2D eigenvalue weighted by Crippen LogP contribution is 2.50. The van der Waals surface area contributed by atoms with E-state index in [1.165, 1.54) is 60.8 Å². The van der Waals surface area contributed by atoms with Gasteiger partial charge in [0.15, 0.2) is 0 Å². The first-order valence-corrected chi connectivity index (χ1v) is 27.4. The van der Waals surface area contributed by atoms with E-state index in [1.54, 1.807) is 0 Å². The molecular weight excluding hydrogens is 937 g/mol. The number of rotatable bonds is 10. The summed E-state index contributed by atoms with van der Waals surface area (Å²) < 4.78 is 9.51.